The van der Waals surface area contributed by atoms with Gasteiger partial charge in [0.05, 0.1) is 0 Å². The first-order chi connectivity index (χ1) is 4.84. The third kappa shape index (κ3) is 1.08. The van der Waals surface area contributed by atoms with Crippen molar-refractivity contribution in [3.8, 4) is 6.19 Å². The van der Waals surface area contributed by atoms with E-state index in [4.69, 9.17) is 11.0 Å². The number of rotatable bonds is 0. The monoisotopic (exact) mass is 136 g/mol. The quantitative estimate of drug-likeness (QED) is 0.279. The SMILES string of the molecule is N#CN=C(N)n1cncn1. The van der Waals surface area contributed by atoms with E-state index in [2.05, 4.69) is 15.1 Å². The van der Waals surface area contributed by atoms with E-state index in [0.29, 0.717) is 0 Å². The molecule has 0 fully saturated rings. The van der Waals surface area contributed by atoms with Crippen molar-refractivity contribution in [2.45, 2.75) is 0 Å². The minimum Gasteiger partial charge on any atom is -0.367 e. The summed E-state index contributed by atoms with van der Waals surface area (Å²) >= 11 is 0. The Balaban J connectivity index is 2.90. The normalized spacial score (nSPS) is 10.9. The lowest BCUT2D eigenvalue weighted by molar-refractivity contribution is 0.919. The van der Waals surface area contributed by atoms with Crippen molar-refractivity contribution < 1.29 is 0 Å². The summed E-state index contributed by atoms with van der Waals surface area (Å²) in [5, 5.41) is 11.7. The smallest absolute Gasteiger partial charge is 0.233 e. The van der Waals surface area contributed by atoms with Crippen LogP contribution < -0.4 is 5.73 Å². The van der Waals surface area contributed by atoms with Crippen molar-refractivity contribution in [2.24, 2.45) is 10.7 Å². The number of nitrogens with two attached hydrogens (primary N) is 1. The molecule has 1 heterocycles. The molecule has 0 aliphatic carbocycles. The van der Waals surface area contributed by atoms with E-state index in [1.54, 1.807) is 0 Å². The number of aliphatic imine (C=N–C) groups is 1. The van der Waals surface area contributed by atoms with Crippen LogP contribution in [0.25, 0.3) is 0 Å². The second-order valence-electron chi connectivity index (χ2n) is 1.41. The Labute approximate surface area is 56.6 Å². The lowest BCUT2D eigenvalue weighted by Crippen LogP contribution is -2.22. The standard InChI is InChI=1S/C4H4N6/c5-1-8-4(6)10-3-7-2-9-10/h2-3H,(H2,6,8). The highest BCUT2D eigenvalue weighted by atomic mass is 15.4. The highest BCUT2D eigenvalue weighted by Gasteiger charge is 1.93. The zero-order valence-corrected chi connectivity index (χ0v) is 4.97. The van der Waals surface area contributed by atoms with Gasteiger partial charge >= 0.3 is 0 Å². The van der Waals surface area contributed by atoms with Gasteiger partial charge in [-0.05, 0) is 0 Å². The Kier molecular flexibility index (Phi) is 1.61. The van der Waals surface area contributed by atoms with E-state index in [0.717, 1.165) is 0 Å². The fraction of sp³-hybridized carbons (Fsp3) is 0. The number of hydrogen-bond donors (Lipinski definition) is 1. The minimum atomic E-state index is 0.0139. The first-order valence-electron chi connectivity index (χ1n) is 2.42. The van der Waals surface area contributed by atoms with E-state index in [-0.39, 0.29) is 5.96 Å². The van der Waals surface area contributed by atoms with Crippen LogP contribution in [-0.2, 0) is 0 Å². The molecular formula is C4H4N6. The van der Waals surface area contributed by atoms with Gasteiger partial charge in [-0.2, -0.15) is 15.0 Å². The van der Waals surface area contributed by atoms with E-state index < -0.39 is 0 Å². The van der Waals surface area contributed by atoms with Crippen molar-refractivity contribution in [1.82, 2.24) is 14.8 Å². The van der Waals surface area contributed by atoms with E-state index in [1.165, 1.54) is 23.5 Å². The van der Waals surface area contributed by atoms with Crippen molar-refractivity contribution in [2.75, 3.05) is 0 Å². The molecule has 0 bridgehead atoms. The largest absolute Gasteiger partial charge is 0.367 e. The van der Waals surface area contributed by atoms with Crippen molar-refractivity contribution in [1.29, 1.82) is 5.26 Å². The summed E-state index contributed by atoms with van der Waals surface area (Å²) in [5.74, 6) is 0.0139. The molecule has 0 saturated carbocycles. The first-order valence-corrected chi connectivity index (χ1v) is 2.42. The van der Waals surface area contributed by atoms with Crippen LogP contribution in [0.15, 0.2) is 17.6 Å². The average molecular weight is 136 g/mol. The van der Waals surface area contributed by atoms with Gasteiger partial charge in [0.1, 0.15) is 12.7 Å². The van der Waals surface area contributed by atoms with Gasteiger partial charge in [-0.1, -0.05) is 0 Å². The van der Waals surface area contributed by atoms with Crippen LogP contribution in [0.1, 0.15) is 0 Å². The molecule has 50 valence electrons. The average Bonchev–Trinajstić information content (AvgIpc) is 2.38. The van der Waals surface area contributed by atoms with E-state index >= 15 is 0 Å². The van der Waals surface area contributed by atoms with Crippen LogP contribution in [0.5, 0.6) is 0 Å². The maximum atomic E-state index is 8.06. The highest BCUT2D eigenvalue weighted by Crippen LogP contribution is 1.75. The first kappa shape index (κ1) is 6.22. The number of aromatic nitrogens is 3. The molecule has 10 heavy (non-hydrogen) atoms. The predicted octanol–water partition coefficient (Wildman–Crippen LogP) is -1.08. The maximum absolute atomic E-state index is 8.06. The topological polar surface area (TPSA) is 92.9 Å². The maximum Gasteiger partial charge on any atom is 0.233 e. The van der Waals surface area contributed by atoms with Crippen LogP contribution in [0.2, 0.25) is 0 Å². The number of nitrogens with zero attached hydrogens (tertiary/aromatic N) is 5. The Bertz CT molecular complexity index is 264. The van der Waals surface area contributed by atoms with Crippen LogP contribution in [-0.4, -0.2) is 20.7 Å². The Morgan fingerprint density at radius 3 is 3.10 bits per heavy atom. The van der Waals surface area contributed by atoms with Crippen LogP contribution in [0, 0.1) is 11.5 Å². The fourth-order valence-corrected chi connectivity index (χ4v) is 0.429. The molecule has 1 rings (SSSR count). The van der Waals surface area contributed by atoms with Gasteiger partial charge in [0, 0.05) is 0 Å². The molecule has 0 atom stereocenters. The molecule has 1 aromatic rings. The third-order valence-electron chi connectivity index (χ3n) is 0.818. The van der Waals surface area contributed by atoms with Crippen LogP contribution in [0.3, 0.4) is 0 Å². The molecule has 6 heteroatoms. The van der Waals surface area contributed by atoms with Gasteiger partial charge in [-0.25, -0.2) is 4.98 Å². The second-order valence-corrected chi connectivity index (χ2v) is 1.41. The molecule has 6 nitrogen and oxygen atoms in total. The highest BCUT2D eigenvalue weighted by molar-refractivity contribution is 5.79. The number of nitriles is 1. The molecule has 0 unspecified atom stereocenters. The Hall–Kier alpha value is -1.90. The lowest BCUT2D eigenvalue weighted by Gasteiger charge is -1.91. The summed E-state index contributed by atoms with van der Waals surface area (Å²) in [5.41, 5.74) is 5.24. The molecule has 0 aliphatic heterocycles. The molecule has 0 amide bonds. The molecular weight excluding hydrogens is 132 g/mol. The zero-order chi connectivity index (χ0) is 7.40. The summed E-state index contributed by atoms with van der Waals surface area (Å²) in [7, 11) is 0. The van der Waals surface area contributed by atoms with Crippen LogP contribution in [0.4, 0.5) is 0 Å². The van der Waals surface area contributed by atoms with E-state index in [1.807, 2.05) is 0 Å². The van der Waals surface area contributed by atoms with Crippen molar-refractivity contribution in [3.05, 3.63) is 12.7 Å². The van der Waals surface area contributed by atoms with Gasteiger partial charge < -0.3 is 5.73 Å². The van der Waals surface area contributed by atoms with Crippen molar-refractivity contribution in [3.63, 3.8) is 0 Å². The zero-order valence-electron chi connectivity index (χ0n) is 4.97. The van der Waals surface area contributed by atoms with Gasteiger partial charge in [-0.3, -0.25) is 0 Å². The lowest BCUT2D eigenvalue weighted by atomic mass is 10.9. The number of hydrogen-bond acceptors (Lipinski definition) is 4. The molecule has 1 aromatic heterocycles. The summed E-state index contributed by atoms with van der Waals surface area (Å²) < 4.78 is 1.20. The van der Waals surface area contributed by atoms with Crippen molar-refractivity contribution >= 4 is 5.96 Å². The molecule has 0 radical (unpaired) electrons. The summed E-state index contributed by atoms with van der Waals surface area (Å²) in [6.45, 7) is 0. The Morgan fingerprint density at radius 2 is 2.60 bits per heavy atom. The summed E-state index contributed by atoms with van der Waals surface area (Å²) in [6, 6.07) is 0. The van der Waals surface area contributed by atoms with Gasteiger partial charge in [0.25, 0.3) is 0 Å². The molecule has 0 aliphatic rings. The van der Waals surface area contributed by atoms with Gasteiger partial charge in [0.15, 0.2) is 0 Å². The van der Waals surface area contributed by atoms with Crippen LogP contribution >= 0.6 is 0 Å². The predicted molar refractivity (Wildman–Crippen MR) is 32.7 cm³/mol. The fourth-order valence-electron chi connectivity index (χ4n) is 0.429. The van der Waals surface area contributed by atoms with Gasteiger partial charge in [0.2, 0.25) is 12.2 Å². The van der Waals surface area contributed by atoms with E-state index in [9.17, 15) is 0 Å². The third-order valence-corrected chi connectivity index (χ3v) is 0.818. The Morgan fingerprint density at radius 1 is 1.80 bits per heavy atom. The molecule has 0 spiro atoms. The molecule has 0 aromatic carbocycles. The summed E-state index contributed by atoms with van der Waals surface area (Å²) in [6.07, 6.45) is 4.19. The second kappa shape index (κ2) is 2.59. The summed E-state index contributed by atoms with van der Waals surface area (Å²) in [4.78, 5) is 6.83. The molecule has 2 N–H and O–H groups in total. The minimum absolute atomic E-state index is 0.0139. The molecule has 0 saturated heterocycles. The van der Waals surface area contributed by atoms with Gasteiger partial charge in [-0.15, -0.1) is 4.99 Å².